The van der Waals surface area contributed by atoms with Gasteiger partial charge in [0, 0.05) is 0 Å². The van der Waals surface area contributed by atoms with Gasteiger partial charge in [0.2, 0.25) is 11.8 Å². The van der Waals surface area contributed by atoms with Crippen molar-refractivity contribution in [2.75, 3.05) is 11.4 Å². The zero-order valence-corrected chi connectivity index (χ0v) is 9.93. The van der Waals surface area contributed by atoms with Gasteiger partial charge in [-0.1, -0.05) is 0 Å². The predicted octanol–water partition coefficient (Wildman–Crippen LogP) is 0.373. The number of barbiturate groups is 1. The summed E-state index contributed by atoms with van der Waals surface area (Å²) in [4.78, 5) is 36.2. The summed E-state index contributed by atoms with van der Waals surface area (Å²) in [5.41, 5.74) is 5.54. The van der Waals surface area contributed by atoms with Gasteiger partial charge in [0.05, 0.1) is 5.69 Å². The largest absolute Gasteiger partial charge is 0.335 e. The molecule has 1 heterocycles. The molecule has 1 fully saturated rings. The third-order valence-corrected chi connectivity index (χ3v) is 2.81. The van der Waals surface area contributed by atoms with Crippen molar-refractivity contribution in [2.24, 2.45) is 11.7 Å². The number of benzene rings is 1. The minimum atomic E-state index is -0.993. The quantitative estimate of drug-likeness (QED) is 0.772. The van der Waals surface area contributed by atoms with Crippen LogP contribution in [0.4, 0.5) is 14.9 Å². The van der Waals surface area contributed by atoms with Crippen LogP contribution in [0.3, 0.4) is 0 Å². The summed E-state index contributed by atoms with van der Waals surface area (Å²) in [5, 5.41) is 2.09. The predicted molar refractivity (Wildman–Crippen MR) is 64.6 cm³/mol. The molecule has 3 N–H and O–H groups in total. The van der Waals surface area contributed by atoms with Crippen molar-refractivity contribution in [1.82, 2.24) is 5.32 Å². The number of nitrogens with one attached hydrogen (secondary N) is 1. The summed E-state index contributed by atoms with van der Waals surface area (Å²) in [7, 11) is 0. The fourth-order valence-corrected chi connectivity index (χ4v) is 1.87. The molecule has 1 aromatic carbocycles. The second-order valence-corrected chi connectivity index (χ2v) is 4.07. The van der Waals surface area contributed by atoms with Gasteiger partial charge >= 0.3 is 6.03 Å². The van der Waals surface area contributed by atoms with Gasteiger partial charge in [-0.25, -0.2) is 14.1 Å². The summed E-state index contributed by atoms with van der Waals surface area (Å²) in [6.07, 6.45) is 0.148. The highest BCUT2D eigenvalue weighted by Gasteiger charge is 2.40. The zero-order valence-electron chi connectivity index (χ0n) is 9.93. The van der Waals surface area contributed by atoms with Gasteiger partial charge in [0.1, 0.15) is 11.7 Å². The van der Waals surface area contributed by atoms with Gasteiger partial charge in [0.15, 0.2) is 0 Å². The summed E-state index contributed by atoms with van der Waals surface area (Å²) in [6, 6.07) is 4.01. The Labute approximate surface area is 108 Å². The Balaban J connectivity index is 2.33. The number of hydrogen-bond acceptors (Lipinski definition) is 4. The van der Waals surface area contributed by atoms with Gasteiger partial charge in [-0.2, -0.15) is 0 Å². The fraction of sp³-hybridized carbons (Fsp3) is 0.250. The molecule has 0 bridgehead atoms. The Hall–Kier alpha value is -2.28. The molecule has 0 radical (unpaired) electrons. The molecule has 0 aromatic heterocycles. The first kappa shape index (κ1) is 13.2. The maximum absolute atomic E-state index is 12.8. The first-order valence-electron chi connectivity index (χ1n) is 5.69. The van der Waals surface area contributed by atoms with E-state index in [1.54, 1.807) is 0 Å². The van der Waals surface area contributed by atoms with Crippen molar-refractivity contribution < 1.29 is 18.8 Å². The standard InChI is InChI=1S/C12H12FN3O3/c13-7-1-3-8(4-2-7)16-11(18)9(5-6-14)10(17)15-12(16)19/h1-4,9H,5-6,14H2,(H,15,17,19). The van der Waals surface area contributed by atoms with Crippen molar-refractivity contribution in [3.05, 3.63) is 30.1 Å². The molecule has 1 saturated heterocycles. The Morgan fingerprint density at radius 1 is 1.21 bits per heavy atom. The number of urea groups is 1. The molecular formula is C12H12FN3O3. The van der Waals surface area contributed by atoms with Gasteiger partial charge < -0.3 is 5.73 Å². The molecule has 6 nitrogen and oxygen atoms in total. The molecule has 1 unspecified atom stereocenters. The lowest BCUT2D eigenvalue weighted by molar-refractivity contribution is -0.134. The number of nitrogens with two attached hydrogens (primary N) is 1. The topological polar surface area (TPSA) is 92.5 Å². The summed E-state index contributed by atoms with van der Waals surface area (Å²) in [5.74, 6) is -2.78. The molecule has 7 heteroatoms. The van der Waals surface area contributed by atoms with Gasteiger partial charge in [0.25, 0.3) is 0 Å². The van der Waals surface area contributed by atoms with Crippen molar-refractivity contribution >= 4 is 23.5 Å². The molecule has 0 saturated carbocycles. The smallest absolute Gasteiger partial charge is 0.330 e. The first-order chi connectivity index (χ1) is 9.04. The molecule has 1 aliphatic rings. The zero-order chi connectivity index (χ0) is 14.0. The van der Waals surface area contributed by atoms with Crippen LogP contribution in [0, 0.1) is 11.7 Å². The summed E-state index contributed by atoms with van der Waals surface area (Å²) >= 11 is 0. The molecular weight excluding hydrogens is 253 g/mol. The van der Waals surface area contributed by atoms with Gasteiger partial charge in [-0.05, 0) is 37.2 Å². The second-order valence-electron chi connectivity index (χ2n) is 4.07. The number of nitrogens with zero attached hydrogens (tertiary/aromatic N) is 1. The van der Waals surface area contributed by atoms with Crippen LogP contribution >= 0.6 is 0 Å². The molecule has 1 aromatic rings. The lowest BCUT2D eigenvalue weighted by Gasteiger charge is -2.29. The molecule has 100 valence electrons. The number of halogens is 1. The van der Waals surface area contributed by atoms with E-state index in [0.29, 0.717) is 0 Å². The molecule has 0 spiro atoms. The Bertz CT molecular complexity index is 530. The highest BCUT2D eigenvalue weighted by Crippen LogP contribution is 2.22. The Morgan fingerprint density at radius 2 is 1.84 bits per heavy atom. The van der Waals surface area contributed by atoms with Crippen LogP contribution in [0.2, 0.25) is 0 Å². The number of anilines is 1. The molecule has 0 aliphatic carbocycles. The van der Waals surface area contributed by atoms with Crippen molar-refractivity contribution in [1.29, 1.82) is 0 Å². The molecule has 19 heavy (non-hydrogen) atoms. The van der Waals surface area contributed by atoms with Crippen molar-refractivity contribution in [3.63, 3.8) is 0 Å². The average molecular weight is 265 g/mol. The van der Waals surface area contributed by atoms with E-state index in [1.165, 1.54) is 12.1 Å². The molecule has 2 rings (SSSR count). The number of carbonyl (C=O) groups excluding carboxylic acids is 3. The molecule has 1 aliphatic heterocycles. The highest BCUT2D eigenvalue weighted by molar-refractivity contribution is 6.27. The van der Waals surface area contributed by atoms with Crippen LogP contribution in [0.25, 0.3) is 0 Å². The minimum absolute atomic E-state index is 0.148. The highest BCUT2D eigenvalue weighted by atomic mass is 19.1. The van der Waals surface area contributed by atoms with E-state index < -0.39 is 29.6 Å². The molecule has 4 amide bonds. The van der Waals surface area contributed by atoms with E-state index in [9.17, 15) is 18.8 Å². The number of amides is 4. The van der Waals surface area contributed by atoms with Crippen LogP contribution in [0.5, 0.6) is 0 Å². The normalized spacial score (nSPS) is 19.6. The lowest BCUT2D eigenvalue weighted by Crippen LogP contribution is -2.58. The average Bonchev–Trinajstić information content (AvgIpc) is 2.36. The van der Waals surface area contributed by atoms with Gasteiger partial charge in [-0.3, -0.25) is 14.9 Å². The summed E-state index contributed by atoms with van der Waals surface area (Å²) < 4.78 is 12.8. The first-order valence-corrected chi connectivity index (χ1v) is 5.69. The van der Waals surface area contributed by atoms with E-state index in [4.69, 9.17) is 5.73 Å². The summed E-state index contributed by atoms with van der Waals surface area (Å²) in [6.45, 7) is 0.148. The number of imide groups is 2. The Morgan fingerprint density at radius 3 is 2.42 bits per heavy atom. The molecule has 1 atom stereocenters. The Kier molecular flexibility index (Phi) is 3.57. The number of rotatable bonds is 3. The van der Waals surface area contributed by atoms with Crippen LogP contribution in [0.15, 0.2) is 24.3 Å². The maximum atomic E-state index is 12.8. The van der Waals surface area contributed by atoms with Crippen molar-refractivity contribution in [3.8, 4) is 0 Å². The van der Waals surface area contributed by atoms with Gasteiger partial charge in [-0.15, -0.1) is 0 Å². The third kappa shape index (κ3) is 2.45. The minimum Gasteiger partial charge on any atom is -0.330 e. The number of hydrogen-bond donors (Lipinski definition) is 2. The van der Waals surface area contributed by atoms with E-state index in [-0.39, 0.29) is 18.7 Å². The third-order valence-electron chi connectivity index (χ3n) is 2.81. The second kappa shape index (κ2) is 5.15. The monoisotopic (exact) mass is 265 g/mol. The fourth-order valence-electron chi connectivity index (χ4n) is 1.87. The van der Waals surface area contributed by atoms with E-state index >= 15 is 0 Å². The van der Waals surface area contributed by atoms with Crippen LogP contribution in [-0.2, 0) is 9.59 Å². The maximum Gasteiger partial charge on any atom is 0.335 e. The van der Waals surface area contributed by atoms with Crippen LogP contribution in [-0.4, -0.2) is 24.4 Å². The SMILES string of the molecule is NCCC1C(=O)NC(=O)N(c2ccc(F)cc2)C1=O. The lowest BCUT2D eigenvalue weighted by atomic mass is 10.0. The van der Waals surface area contributed by atoms with Crippen molar-refractivity contribution in [2.45, 2.75) is 6.42 Å². The van der Waals surface area contributed by atoms with Crippen LogP contribution < -0.4 is 16.0 Å². The van der Waals surface area contributed by atoms with E-state index in [0.717, 1.165) is 17.0 Å². The van der Waals surface area contributed by atoms with Crippen LogP contribution in [0.1, 0.15) is 6.42 Å². The number of carbonyl (C=O) groups is 3. The van der Waals surface area contributed by atoms with E-state index in [2.05, 4.69) is 5.32 Å². The van der Waals surface area contributed by atoms with E-state index in [1.807, 2.05) is 0 Å².